The van der Waals surface area contributed by atoms with Crippen LogP contribution in [-0.2, 0) is 4.79 Å². The summed E-state index contributed by atoms with van der Waals surface area (Å²) in [4.78, 5) is 20.9. The second-order valence-corrected chi connectivity index (χ2v) is 6.48. The van der Waals surface area contributed by atoms with Gasteiger partial charge in [-0.3, -0.25) is 9.78 Å². The molecule has 3 heterocycles. The van der Waals surface area contributed by atoms with Crippen LogP contribution in [0.15, 0.2) is 36.2 Å². The molecule has 26 heavy (non-hydrogen) atoms. The predicted molar refractivity (Wildman–Crippen MR) is 109 cm³/mol. The lowest BCUT2D eigenvalue weighted by atomic mass is 9.92. The SMILES string of the molecule is CC.CCCC(=O)C1C=C(C)C(c2cc3cnc(Cl)cc3nc2C)=CN1. The highest BCUT2D eigenvalue weighted by molar-refractivity contribution is 6.30. The first-order valence-electron chi connectivity index (χ1n) is 9.10. The zero-order chi connectivity index (χ0) is 19.3. The fraction of sp³-hybridized carbons (Fsp3) is 0.381. The number of allylic oxidation sites excluding steroid dienone is 2. The molecule has 0 aromatic carbocycles. The van der Waals surface area contributed by atoms with Gasteiger partial charge < -0.3 is 5.32 Å². The molecule has 138 valence electrons. The summed E-state index contributed by atoms with van der Waals surface area (Å²) in [6, 6.07) is 3.60. The Morgan fingerprint density at radius 1 is 1.27 bits per heavy atom. The molecule has 0 saturated heterocycles. The highest BCUT2D eigenvalue weighted by Crippen LogP contribution is 2.30. The van der Waals surface area contributed by atoms with Crippen molar-refractivity contribution in [2.45, 2.75) is 53.5 Å². The highest BCUT2D eigenvalue weighted by atomic mass is 35.5. The van der Waals surface area contributed by atoms with Gasteiger partial charge in [0.2, 0.25) is 0 Å². The lowest BCUT2D eigenvalue weighted by Gasteiger charge is -2.22. The van der Waals surface area contributed by atoms with Crippen molar-refractivity contribution in [2.24, 2.45) is 0 Å². The summed E-state index contributed by atoms with van der Waals surface area (Å²) in [5.41, 5.74) is 4.92. The van der Waals surface area contributed by atoms with Crippen molar-refractivity contribution in [3.8, 4) is 0 Å². The number of carbonyl (C=O) groups is 1. The van der Waals surface area contributed by atoms with Gasteiger partial charge in [-0.2, -0.15) is 0 Å². The molecule has 0 saturated carbocycles. The second kappa shape index (κ2) is 8.95. The summed E-state index contributed by atoms with van der Waals surface area (Å²) in [7, 11) is 0. The zero-order valence-electron chi connectivity index (χ0n) is 16.1. The molecule has 4 nitrogen and oxygen atoms in total. The average molecular weight is 372 g/mol. The van der Waals surface area contributed by atoms with Gasteiger partial charge in [0.25, 0.3) is 0 Å². The number of aryl methyl sites for hydroxylation is 1. The number of halogens is 1. The van der Waals surface area contributed by atoms with Crippen LogP contribution in [0, 0.1) is 6.92 Å². The Morgan fingerprint density at radius 3 is 2.65 bits per heavy atom. The van der Waals surface area contributed by atoms with E-state index in [2.05, 4.69) is 21.4 Å². The third-order valence-corrected chi connectivity index (χ3v) is 4.45. The smallest absolute Gasteiger partial charge is 0.158 e. The Kier molecular flexibility index (Phi) is 6.92. The number of hydrogen-bond acceptors (Lipinski definition) is 4. The fourth-order valence-corrected chi connectivity index (χ4v) is 3.12. The summed E-state index contributed by atoms with van der Waals surface area (Å²) < 4.78 is 0. The average Bonchev–Trinajstić information content (AvgIpc) is 2.63. The molecule has 1 aliphatic rings. The number of rotatable bonds is 4. The van der Waals surface area contributed by atoms with Crippen LogP contribution in [0.25, 0.3) is 16.5 Å². The molecule has 2 aromatic rings. The third-order valence-electron chi connectivity index (χ3n) is 4.24. The Labute approximate surface area is 160 Å². The maximum absolute atomic E-state index is 12.1. The molecule has 0 amide bonds. The summed E-state index contributed by atoms with van der Waals surface area (Å²) in [6.45, 7) is 10.0. The van der Waals surface area contributed by atoms with E-state index in [0.29, 0.717) is 11.6 Å². The van der Waals surface area contributed by atoms with E-state index in [-0.39, 0.29) is 11.8 Å². The first-order valence-corrected chi connectivity index (χ1v) is 9.48. The number of carbonyl (C=O) groups excluding carboxylic acids is 1. The van der Waals surface area contributed by atoms with Gasteiger partial charge in [-0.25, -0.2) is 4.98 Å². The van der Waals surface area contributed by atoms with Crippen molar-refractivity contribution in [2.75, 3.05) is 0 Å². The van der Waals surface area contributed by atoms with E-state index < -0.39 is 0 Å². The number of ketones is 1. The minimum atomic E-state index is -0.233. The molecule has 3 rings (SSSR count). The maximum atomic E-state index is 12.1. The van der Waals surface area contributed by atoms with E-state index >= 15 is 0 Å². The Bertz CT molecular complexity index is 871. The van der Waals surface area contributed by atoms with Gasteiger partial charge in [-0.15, -0.1) is 0 Å². The minimum Gasteiger partial charge on any atom is -0.378 e. The maximum Gasteiger partial charge on any atom is 0.158 e. The van der Waals surface area contributed by atoms with Gasteiger partial charge in [0.1, 0.15) is 11.2 Å². The quantitative estimate of drug-likeness (QED) is 0.746. The van der Waals surface area contributed by atoms with Gasteiger partial charge in [-0.1, -0.05) is 38.4 Å². The monoisotopic (exact) mass is 371 g/mol. The molecule has 1 N–H and O–H groups in total. The number of dihydropyridines is 1. The Balaban J connectivity index is 0.00000117. The van der Waals surface area contributed by atoms with E-state index in [0.717, 1.165) is 39.7 Å². The van der Waals surface area contributed by atoms with Crippen LogP contribution in [0.3, 0.4) is 0 Å². The van der Waals surface area contributed by atoms with E-state index in [1.807, 2.05) is 46.9 Å². The van der Waals surface area contributed by atoms with Crippen molar-refractivity contribution in [3.05, 3.63) is 52.6 Å². The van der Waals surface area contributed by atoms with Crippen LogP contribution in [-0.4, -0.2) is 21.8 Å². The number of nitrogens with zero attached hydrogens (tertiary/aromatic N) is 2. The van der Waals surface area contributed by atoms with Crippen molar-refractivity contribution in [3.63, 3.8) is 0 Å². The van der Waals surface area contributed by atoms with Crippen molar-refractivity contribution >= 4 is 33.9 Å². The standard InChI is InChI=1S/C19H20ClN3O.C2H6/c1-4-5-18(24)17-6-11(2)15(10-21-17)14-7-13-9-22-19(20)8-16(13)23-12(14)3;1-2/h6-10,17,21H,4-5H2,1-3H3;1-2H3. The van der Waals surface area contributed by atoms with Crippen LogP contribution in [0.5, 0.6) is 0 Å². The van der Waals surface area contributed by atoms with E-state index in [9.17, 15) is 4.79 Å². The molecule has 0 bridgehead atoms. The van der Waals surface area contributed by atoms with E-state index in [4.69, 9.17) is 11.6 Å². The number of hydrogen-bond donors (Lipinski definition) is 1. The summed E-state index contributed by atoms with van der Waals surface area (Å²) in [6.07, 6.45) is 7.11. The summed E-state index contributed by atoms with van der Waals surface area (Å²) in [5, 5.41) is 4.60. The molecule has 0 spiro atoms. The van der Waals surface area contributed by atoms with E-state index in [1.54, 1.807) is 12.3 Å². The lowest BCUT2D eigenvalue weighted by Crippen LogP contribution is -2.34. The Morgan fingerprint density at radius 2 is 2.00 bits per heavy atom. The van der Waals surface area contributed by atoms with E-state index in [1.165, 1.54) is 0 Å². The lowest BCUT2D eigenvalue weighted by molar-refractivity contribution is -0.119. The van der Waals surface area contributed by atoms with Crippen molar-refractivity contribution in [1.29, 1.82) is 0 Å². The molecule has 1 unspecified atom stereocenters. The zero-order valence-corrected chi connectivity index (χ0v) is 16.8. The van der Waals surface area contributed by atoms with Gasteiger partial charge >= 0.3 is 0 Å². The molecule has 1 atom stereocenters. The van der Waals surface area contributed by atoms with Gasteiger partial charge in [0.15, 0.2) is 5.78 Å². The molecule has 0 fully saturated rings. The molecular weight excluding hydrogens is 346 g/mol. The number of pyridine rings is 2. The molecule has 2 aromatic heterocycles. The van der Waals surface area contributed by atoms with Crippen LogP contribution in [0.4, 0.5) is 0 Å². The molecule has 0 aliphatic carbocycles. The van der Waals surface area contributed by atoms with Crippen molar-refractivity contribution in [1.82, 2.24) is 15.3 Å². The molecular formula is C21H26ClN3O. The van der Waals surface area contributed by atoms with Gasteiger partial charge in [0.05, 0.1) is 5.52 Å². The number of fused-ring (bicyclic) bond motifs is 1. The number of aromatic nitrogens is 2. The topological polar surface area (TPSA) is 54.9 Å². The number of Topliss-reactive ketones (excluding diaryl/α,β-unsaturated/α-hetero) is 1. The van der Waals surface area contributed by atoms with Crippen molar-refractivity contribution < 1.29 is 4.79 Å². The third kappa shape index (κ3) is 4.31. The second-order valence-electron chi connectivity index (χ2n) is 6.09. The summed E-state index contributed by atoms with van der Waals surface area (Å²) >= 11 is 5.94. The highest BCUT2D eigenvalue weighted by Gasteiger charge is 2.20. The normalized spacial score (nSPS) is 16.2. The predicted octanol–water partition coefficient (Wildman–Crippen LogP) is 5.25. The molecule has 1 aliphatic heterocycles. The summed E-state index contributed by atoms with van der Waals surface area (Å²) in [5.74, 6) is 0.222. The fourth-order valence-electron chi connectivity index (χ4n) is 2.97. The largest absolute Gasteiger partial charge is 0.378 e. The van der Waals surface area contributed by atoms with Gasteiger partial charge in [-0.05, 0) is 31.9 Å². The molecule has 5 heteroatoms. The van der Waals surface area contributed by atoms with Gasteiger partial charge in [0, 0.05) is 47.1 Å². The number of nitrogens with one attached hydrogen (secondary N) is 1. The Hall–Kier alpha value is -2.20. The first kappa shape index (κ1) is 20.1. The van der Waals surface area contributed by atoms with Crippen LogP contribution in [0.1, 0.15) is 51.8 Å². The van der Waals surface area contributed by atoms with Crippen LogP contribution < -0.4 is 5.32 Å². The van der Waals surface area contributed by atoms with Crippen LogP contribution in [0.2, 0.25) is 5.15 Å². The molecule has 0 radical (unpaired) electrons. The van der Waals surface area contributed by atoms with Crippen LogP contribution >= 0.6 is 11.6 Å². The first-order chi connectivity index (χ1) is 12.5. The minimum absolute atomic E-state index is 0.222.